The Labute approximate surface area is 145 Å². The molecule has 1 N–H and O–H groups in total. The fraction of sp³-hybridized carbons (Fsp3) is 0.643. The standard InChI is InChI=1S/C14H23N2O8P/c1-22-25(20,21)24-10-5-3-2-4-8-15-14(19)23-11-9-16-12(17)6-7-13(16)18/h6-7H,2-5,8-11H2,1H3,(H,15,19)(H,20,21)/p-1. The summed E-state index contributed by atoms with van der Waals surface area (Å²) in [6, 6.07) is 0. The van der Waals surface area contributed by atoms with Gasteiger partial charge in [0.25, 0.3) is 19.6 Å². The van der Waals surface area contributed by atoms with Crippen LogP contribution in [0.4, 0.5) is 4.79 Å². The van der Waals surface area contributed by atoms with Gasteiger partial charge in [0.15, 0.2) is 0 Å². The van der Waals surface area contributed by atoms with Gasteiger partial charge >= 0.3 is 6.09 Å². The molecule has 0 aromatic heterocycles. The number of carbonyl (C=O) groups excluding carboxylic acids is 3. The highest BCUT2D eigenvalue weighted by atomic mass is 31.2. The number of phosphoric ester groups is 1. The minimum Gasteiger partial charge on any atom is -0.756 e. The fourth-order valence-electron chi connectivity index (χ4n) is 1.93. The van der Waals surface area contributed by atoms with E-state index in [0.29, 0.717) is 19.4 Å². The Bertz CT molecular complexity index is 533. The van der Waals surface area contributed by atoms with Crippen LogP contribution in [-0.2, 0) is 27.9 Å². The number of hydrogen-bond donors (Lipinski definition) is 1. The Morgan fingerprint density at radius 3 is 2.44 bits per heavy atom. The maximum atomic E-state index is 11.4. The first-order valence-corrected chi connectivity index (χ1v) is 9.27. The van der Waals surface area contributed by atoms with Gasteiger partial charge in [0, 0.05) is 25.8 Å². The van der Waals surface area contributed by atoms with Crippen LogP contribution in [0.5, 0.6) is 0 Å². The molecular weight excluding hydrogens is 355 g/mol. The van der Waals surface area contributed by atoms with E-state index in [1.807, 2.05) is 0 Å². The highest BCUT2D eigenvalue weighted by molar-refractivity contribution is 7.45. The molecule has 0 saturated heterocycles. The molecular formula is C14H22N2O8P-. The van der Waals surface area contributed by atoms with Crippen molar-refractivity contribution in [1.82, 2.24) is 10.2 Å². The number of rotatable bonds is 12. The second-order valence-electron chi connectivity index (χ2n) is 5.10. The number of imide groups is 1. The number of nitrogens with zero attached hydrogens (tertiary/aromatic N) is 1. The molecule has 1 aliphatic heterocycles. The third kappa shape index (κ3) is 8.78. The number of hydrogen-bond acceptors (Lipinski definition) is 8. The summed E-state index contributed by atoms with van der Waals surface area (Å²) in [5.74, 6) is -0.839. The second kappa shape index (κ2) is 11.0. The third-order valence-electron chi connectivity index (χ3n) is 3.26. The molecule has 0 saturated carbocycles. The van der Waals surface area contributed by atoms with E-state index in [4.69, 9.17) is 4.74 Å². The van der Waals surface area contributed by atoms with Crippen LogP contribution in [-0.4, -0.2) is 56.2 Å². The van der Waals surface area contributed by atoms with Gasteiger partial charge in [0.2, 0.25) is 0 Å². The quantitative estimate of drug-likeness (QED) is 0.292. The van der Waals surface area contributed by atoms with Crippen molar-refractivity contribution in [2.45, 2.75) is 25.7 Å². The first kappa shape index (κ1) is 21.3. The monoisotopic (exact) mass is 377 g/mol. The first-order valence-electron chi connectivity index (χ1n) is 7.81. The molecule has 1 aliphatic rings. The summed E-state index contributed by atoms with van der Waals surface area (Å²) in [5, 5.41) is 2.54. The maximum Gasteiger partial charge on any atom is 0.407 e. The van der Waals surface area contributed by atoms with Crippen molar-refractivity contribution in [3.05, 3.63) is 12.2 Å². The average molecular weight is 377 g/mol. The van der Waals surface area contributed by atoms with Crippen LogP contribution in [0.3, 0.4) is 0 Å². The summed E-state index contributed by atoms with van der Waals surface area (Å²) < 4.78 is 24.5. The van der Waals surface area contributed by atoms with Crippen molar-refractivity contribution in [1.29, 1.82) is 0 Å². The number of unbranched alkanes of at least 4 members (excludes halogenated alkanes) is 3. The highest BCUT2D eigenvalue weighted by Gasteiger charge is 2.22. The van der Waals surface area contributed by atoms with Crippen molar-refractivity contribution in [2.24, 2.45) is 0 Å². The molecule has 0 aromatic carbocycles. The number of alkyl carbamates (subject to hydrolysis) is 1. The molecule has 1 rings (SSSR count). The lowest BCUT2D eigenvalue weighted by molar-refractivity contribution is -0.223. The molecule has 1 atom stereocenters. The van der Waals surface area contributed by atoms with Gasteiger partial charge < -0.3 is 24.0 Å². The summed E-state index contributed by atoms with van der Waals surface area (Å²) in [5.41, 5.74) is 0. The third-order valence-corrected chi connectivity index (χ3v) is 4.21. The first-order chi connectivity index (χ1) is 11.9. The summed E-state index contributed by atoms with van der Waals surface area (Å²) in [6.07, 6.45) is 4.49. The van der Waals surface area contributed by atoms with Crippen molar-refractivity contribution >= 4 is 25.7 Å². The summed E-state index contributed by atoms with van der Waals surface area (Å²) >= 11 is 0. The van der Waals surface area contributed by atoms with Crippen LogP contribution in [0, 0.1) is 0 Å². The average Bonchev–Trinajstić information content (AvgIpc) is 2.89. The lowest BCUT2D eigenvalue weighted by atomic mass is 10.2. The molecule has 0 radical (unpaired) electrons. The van der Waals surface area contributed by atoms with E-state index in [2.05, 4.69) is 14.4 Å². The predicted octanol–water partition coefficient (Wildman–Crippen LogP) is 0.329. The molecule has 0 aliphatic carbocycles. The van der Waals surface area contributed by atoms with Crippen molar-refractivity contribution in [2.75, 3.05) is 33.4 Å². The van der Waals surface area contributed by atoms with E-state index in [1.54, 1.807) is 0 Å². The Morgan fingerprint density at radius 2 is 1.80 bits per heavy atom. The lowest BCUT2D eigenvalue weighted by Crippen LogP contribution is -2.35. The van der Waals surface area contributed by atoms with Gasteiger partial charge in [-0.3, -0.25) is 19.1 Å². The molecule has 1 unspecified atom stereocenters. The number of phosphoric acid groups is 1. The van der Waals surface area contributed by atoms with Crippen LogP contribution in [0.1, 0.15) is 25.7 Å². The Morgan fingerprint density at radius 1 is 1.16 bits per heavy atom. The van der Waals surface area contributed by atoms with Gasteiger partial charge in [-0.2, -0.15) is 0 Å². The van der Waals surface area contributed by atoms with E-state index in [1.165, 1.54) is 12.2 Å². The smallest absolute Gasteiger partial charge is 0.407 e. The van der Waals surface area contributed by atoms with Gasteiger partial charge in [-0.25, -0.2) is 4.79 Å². The highest BCUT2D eigenvalue weighted by Crippen LogP contribution is 2.36. The van der Waals surface area contributed by atoms with Gasteiger partial charge in [-0.05, 0) is 12.8 Å². The van der Waals surface area contributed by atoms with Crippen LogP contribution in [0.15, 0.2) is 12.2 Å². The molecule has 0 bridgehead atoms. The van der Waals surface area contributed by atoms with Crippen LogP contribution >= 0.6 is 7.82 Å². The minimum atomic E-state index is -4.15. The largest absolute Gasteiger partial charge is 0.756 e. The van der Waals surface area contributed by atoms with Gasteiger partial charge in [0.05, 0.1) is 13.2 Å². The molecule has 3 amide bonds. The fourth-order valence-corrected chi connectivity index (χ4v) is 2.39. The molecule has 25 heavy (non-hydrogen) atoms. The Hall–Kier alpha value is -1.74. The molecule has 1 heterocycles. The van der Waals surface area contributed by atoms with Gasteiger partial charge in [-0.15, -0.1) is 0 Å². The molecule has 11 heteroatoms. The SMILES string of the molecule is COP(=O)([O-])OCCCCCCNC(=O)OCCN1C(=O)C=CC1=O. The topological polar surface area (TPSA) is 134 Å². The van der Waals surface area contributed by atoms with E-state index >= 15 is 0 Å². The zero-order valence-corrected chi connectivity index (χ0v) is 14.9. The lowest BCUT2D eigenvalue weighted by Gasteiger charge is -2.19. The minimum absolute atomic E-state index is 0.0170. The Kier molecular flexibility index (Phi) is 9.36. The van der Waals surface area contributed by atoms with Gasteiger partial charge in [0.1, 0.15) is 6.61 Å². The summed E-state index contributed by atoms with van der Waals surface area (Å²) in [7, 11) is -3.11. The summed E-state index contributed by atoms with van der Waals surface area (Å²) in [6.45, 7) is 0.411. The molecule has 10 nitrogen and oxygen atoms in total. The van der Waals surface area contributed by atoms with E-state index in [-0.39, 0.29) is 19.8 Å². The van der Waals surface area contributed by atoms with Crippen LogP contribution in [0.2, 0.25) is 0 Å². The van der Waals surface area contributed by atoms with Crippen LogP contribution < -0.4 is 10.2 Å². The van der Waals surface area contributed by atoms with E-state index < -0.39 is 25.7 Å². The number of ether oxygens (including phenoxy) is 1. The van der Waals surface area contributed by atoms with Crippen molar-refractivity contribution in [3.8, 4) is 0 Å². The van der Waals surface area contributed by atoms with E-state index in [9.17, 15) is 23.8 Å². The normalized spacial score (nSPS) is 16.2. The molecule has 0 fully saturated rings. The van der Waals surface area contributed by atoms with Crippen LogP contribution in [0.25, 0.3) is 0 Å². The predicted molar refractivity (Wildman–Crippen MR) is 84.2 cm³/mol. The molecule has 0 aromatic rings. The number of carbonyl (C=O) groups is 3. The Balaban J connectivity index is 1.94. The van der Waals surface area contributed by atoms with Gasteiger partial charge in [-0.1, -0.05) is 12.8 Å². The van der Waals surface area contributed by atoms with Crippen molar-refractivity contribution in [3.63, 3.8) is 0 Å². The van der Waals surface area contributed by atoms with E-state index in [0.717, 1.165) is 24.9 Å². The molecule has 142 valence electrons. The molecule has 0 spiro atoms. The maximum absolute atomic E-state index is 11.4. The number of nitrogens with one attached hydrogen (secondary N) is 1. The second-order valence-corrected chi connectivity index (χ2v) is 6.62. The van der Waals surface area contributed by atoms with Crippen molar-refractivity contribution < 1.29 is 37.6 Å². The summed E-state index contributed by atoms with van der Waals surface area (Å²) in [4.78, 5) is 45.8. The number of amides is 3. The zero-order valence-electron chi connectivity index (χ0n) is 14.0. The zero-order chi connectivity index (χ0) is 18.7.